The van der Waals surface area contributed by atoms with Gasteiger partial charge in [-0.2, -0.15) is 0 Å². The van der Waals surface area contributed by atoms with E-state index in [2.05, 4.69) is 15.6 Å². The molecule has 3 rings (SSSR count). The number of ether oxygens (including phenoxy) is 1. The van der Waals surface area contributed by atoms with Gasteiger partial charge in [-0.05, 0) is 36.4 Å². The molecule has 1 heterocycles. The number of benzene rings is 2. The van der Waals surface area contributed by atoms with Gasteiger partial charge in [0.1, 0.15) is 10.8 Å². The van der Waals surface area contributed by atoms with Crippen molar-refractivity contribution >= 4 is 39.0 Å². The molecule has 0 aliphatic heterocycles. The minimum absolute atomic E-state index is 0.00953. The van der Waals surface area contributed by atoms with Crippen LogP contribution in [-0.4, -0.2) is 23.9 Å². The number of nitrogens with two attached hydrogens (primary N) is 1. The zero-order valence-electron chi connectivity index (χ0n) is 13.9. The molecule has 0 aliphatic carbocycles. The van der Waals surface area contributed by atoms with Crippen LogP contribution in [0.3, 0.4) is 0 Å². The van der Waals surface area contributed by atoms with Crippen LogP contribution in [0.4, 0.5) is 15.8 Å². The molecule has 0 aliphatic rings. The predicted molar refractivity (Wildman–Crippen MR) is 101 cm³/mol. The van der Waals surface area contributed by atoms with Gasteiger partial charge in [0.2, 0.25) is 0 Å². The maximum atomic E-state index is 12.4. The van der Waals surface area contributed by atoms with E-state index in [1.165, 1.54) is 0 Å². The normalized spacial score (nSPS) is 10.2. The highest BCUT2D eigenvalue weighted by atomic mass is 32.1. The number of aromatic nitrogens is 1. The lowest BCUT2D eigenvalue weighted by Gasteiger charge is -2.05. The van der Waals surface area contributed by atoms with Gasteiger partial charge in [-0.25, -0.2) is 4.98 Å². The standard InChI is InChI=1S/C18H16N4O3S/c1-25-13-9-7-11(8-10-13)16(24)22-17-14(15(19)23)21-18(26-17)20-12-5-3-2-4-6-12/h2-10H,1H3,(H2,19,23)(H,20,21)(H,22,24). The number of nitrogens with zero attached hydrogens (tertiary/aromatic N) is 1. The van der Waals surface area contributed by atoms with Crippen molar-refractivity contribution in [3.8, 4) is 5.75 Å². The average molecular weight is 368 g/mol. The van der Waals surface area contributed by atoms with Crippen LogP contribution >= 0.6 is 11.3 Å². The van der Waals surface area contributed by atoms with Crippen molar-refractivity contribution in [3.05, 3.63) is 65.9 Å². The van der Waals surface area contributed by atoms with E-state index in [4.69, 9.17) is 10.5 Å². The van der Waals surface area contributed by atoms with Gasteiger partial charge >= 0.3 is 0 Å². The van der Waals surface area contributed by atoms with E-state index in [1.54, 1.807) is 31.4 Å². The lowest BCUT2D eigenvalue weighted by atomic mass is 10.2. The SMILES string of the molecule is COc1ccc(C(=O)Nc2sc(Nc3ccccc3)nc2C(N)=O)cc1. The Bertz CT molecular complexity index is 923. The molecule has 0 spiro atoms. The summed E-state index contributed by atoms with van der Waals surface area (Å²) in [5.41, 5.74) is 6.63. The van der Waals surface area contributed by atoms with Gasteiger partial charge in [-0.1, -0.05) is 29.5 Å². The Morgan fingerprint density at radius 3 is 2.38 bits per heavy atom. The zero-order valence-corrected chi connectivity index (χ0v) is 14.7. The van der Waals surface area contributed by atoms with Gasteiger partial charge in [0.05, 0.1) is 7.11 Å². The highest BCUT2D eigenvalue weighted by Crippen LogP contribution is 2.31. The molecule has 0 unspecified atom stereocenters. The second-order valence-corrected chi connectivity index (χ2v) is 6.23. The quantitative estimate of drug-likeness (QED) is 0.619. The monoisotopic (exact) mass is 368 g/mol. The summed E-state index contributed by atoms with van der Waals surface area (Å²) < 4.78 is 5.07. The molecule has 0 saturated carbocycles. The number of rotatable bonds is 6. The lowest BCUT2D eigenvalue weighted by Crippen LogP contribution is -2.17. The van der Waals surface area contributed by atoms with Crippen LogP contribution in [0.25, 0.3) is 0 Å². The second kappa shape index (κ2) is 7.66. The Morgan fingerprint density at radius 2 is 1.77 bits per heavy atom. The molecule has 8 heteroatoms. The summed E-state index contributed by atoms with van der Waals surface area (Å²) in [5, 5.41) is 6.51. The molecule has 132 valence electrons. The third-order valence-electron chi connectivity index (χ3n) is 3.46. The molecule has 3 aromatic rings. The number of para-hydroxylation sites is 1. The largest absolute Gasteiger partial charge is 0.497 e. The highest BCUT2D eigenvalue weighted by molar-refractivity contribution is 7.20. The molecular weight excluding hydrogens is 352 g/mol. The molecule has 0 saturated heterocycles. The van der Waals surface area contributed by atoms with E-state index in [1.807, 2.05) is 30.3 Å². The van der Waals surface area contributed by atoms with E-state index < -0.39 is 5.91 Å². The first-order valence-electron chi connectivity index (χ1n) is 7.65. The highest BCUT2D eigenvalue weighted by Gasteiger charge is 2.19. The molecule has 4 N–H and O–H groups in total. The molecule has 0 atom stereocenters. The Balaban J connectivity index is 1.81. The van der Waals surface area contributed by atoms with E-state index in [-0.39, 0.29) is 16.6 Å². The van der Waals surface area contributed by atoms with E-state index >= 15 is 0 Å². The first-order chi connectivity index (χ1) is 12.6. The van der Waals surface area contributed by atoms with Gasteiger partial charge in [0.15, 0.2) is 10.8 Å². The van der Waals surface area contributed by atoms with Gasteiger partial charge in [0, 0.05) is 11.3 Å². The molecule has 0 fully saturated rings. The zero-order chi connectivity index (χ0) is 18.5. The summed E-state index contributed by atoms with van der Waals surface area (Å²) in [7, 11) is 1.55. The van der Waals surface area contributed by atoms with Crippen molar-refractivity contribution in [3.63, 3.8) is 0 Å². The number of hydrogen-bond acceptors (Lipinski definition) is 6. The fourth-order valence-corrected chi connectivity index (χ4v) is 3.07. The number of carbonyl (C=O) groups excluding carboxylic acids is 2. The summed E-state index contributed by atoms with van der Waals surface area (Å²) in [5.74, 6) is -0.441. The number of primary amides is 1. The van der Waals surface area contributed by atoms with Crippen molar-refractivity contribution in [2.24, 2.45) is 5.73 Å². The molecule has 0 radical (unpaired) electrons. The van der Waals surface area contributed by atoms with Crippen LogP contribution in [0.1, 0.15) is 20.8 Å². The lowest BCUT2D eigenvalue weighted by molar-refractivity contribution is 0.0997. The fourth-order valence-electron chi connectivity index (χ4n) is 2.19. The third-order valence-corrected chi connectivity index (χ3v) is 4.35. The first kappa shape index (κ1) is 17.4. The van der Waals surface area contributed by atoms with Crippen molar-refractivity contribution in [1.82, 2.24) is 4.98 Å². The van der Waals surface area contributed by atoms with E-state index in [0.29, 0.717) is 16.4 Å². The van der Waals surface area contributed by atoms with E-state index in [9.17, 15) is 9.59 Å². The average Bonchev–Trinajstić information content (AvgIpc) is 3.05. The summed E-state index contributed by atoms with van der Waals surface area (Å²) >= 11 is 1.13. The van der Waals surface area contributed by atoms with Crippen molar-refractivity contribution < 1.29 is 14.3 Å². The van der Waals surface area contributed by atoms with Gasteiger partial charge in [-0.15, -0.1) is 0 Å². The molecule has 26 heavy (non-hydrogen) atoms. The minimum atomic E-state index is -0.715. The van der Waals surface area contributed by atoms with Crippen LogP contribution in [0, 0.1) is 0 Å². The number of anilines is 3. The summed E-state index contributed by atoms with van der Waals surface area (Å²) in [6, 6.07) is 16.0. The Hall–Kier alpha value is -3.39. The number of thiazole rings is 1. The second-order valence-electron chi connectivity index (χ2n) is 5.23. The summed E-state index contributed by atoms with van der Waals surface area (Å²) in [6.45, 7) is 0. The molecule has 2 amide bonds. The Labute approximate surface area is 153 Å². The van der Waals surface area contributed by atoms with E-state index in [0.717, 1.165) is 17.0 Å². The van der Waals surface area contributed by atoms with Crippen LogP contribution in [0.5, 0.6) is 5.75 Å². The van der Waals surface area contributed by atoms with Crippen molar-refractivity contribution in [2.45, 2.75) is 0 Å². The number of nitrogens with one attached hydrogen (secondary N) is 2. The number of hydrogen-bond donors (Lipinski definition) is 3. The Kier molecular flexibility index (Phi) is 5.14. The molecular formula is C18H16N4O3S. The summed E-state index contributed by atoms with van der Waals surface area (Å²) in [4.78, 5) is 28.2. The summed E-state index contributed by atoms with van der Waals surface area (Å²) in [6.07, 6.45) is 0. The fraction of sp³-hybridized carbons (Fsp3) is 0.0556. The topological polar surface area (TPSA) is 106 Å². The Morgan fingerprint density at radius 1 is 1.08 bits per heavy atom. The maximum Gasteiger partial charge on any atom is 0.270 e. The first-order valence-corrected chi connectivity index (χ1v) is 8.46. The molecule has 7 nitrogen and oxygen atoms in total. The molecule has 2 aromatic carbocycles. The smallest absolute Gasteiger partial charge is 0.270 e. The van der Waals surface area contributed by atoms with Crippen molar-refractivity contribution in [1.29, 1.82) is 0 Å². The third kappa shape index (κ3) is 3.98. The van der Waals surface area contributed by atoms with Gasteiger partial charge in [0.25, 0.3) is 11.8 Å². The number of methoxy groups -OCH3 is 1. The minimum Gasteiger partial charge on any atom is -0.497 e. The molecule has 0 bridgehead atoms. The van der Waals surface area contributed by atoms with Gasteiger partial charge in [-0.3, -0.25) is 9.59 Å². The van der Waals surface area contributed by atoms with Crippen LogP contribution in [0.2, 0.25) is 0 Å². The van der Waals surface area contributed by atoms with Gasteiger partial charge < -0.3 is 21.1 Å². The maximum absolute atomic E-state index is 12.4. The predicted octanol–water partition coefficient (Wildman–Crippen LogP) is 3.25. The number of amides is 2. The molecule has 1 aromatic heterocycles. The van der Waals surface area contributed by atoms with Crippen LogP contribution in [0.15, 0.2) is 54.6 Å². The van der Waals surface area contributed by atoms with Crippen LogP contribution < -0.4 is 21.1 Å². The number of carbonyl (C=O) groups is 2. The van der Waals surface area contributed by atoms with Crippen molar-refractivity contribution in [2.75, 3.05) is 17.7 Å². The van der Waals surface area contributed by atoms with Crippen LogP contribution in [-0.2, 0) is 0 Å².